The highest BCUT2D eigenvalue weighted by molar-refractivity contribution is 7.15. The molecule has 1 heterocycles. The third-order valence-electron chi connectivity index (χ3n) is 3.89. The van der Waals surface area contributed by atoms with Crippen molar-refractivity contribution in [2.75, 3.05) is 19.0 Å². The number of carbonyl (C=O) groups excluding carboxylic acids is 2. The van der Waals surface area contributed by atoms with Crippen molar-refractivity contribution in [1.82, 2.24) is 0 Å². The van der Waals surface area contributed by atoms with E-state index in [9.17, 15) is 9.59 Å². The molecule has 0 aliphatic heterocycles. The van der Waals surface area contributed by atoms with E-state index >= 15 is 0 Å². The molecule has 1 N–H and O–H groups in total. The van der Waals surface area contributed by atoms with Crippen LogP contribution in [0, 0.1) is 0 Å². The van der Waals surface area contributed by atoms with Crippen LogP contribution in [0.2, 0.25) is 0 Å². The number of hydrogen-bond donors (Lipinski definition) is 1. The predicted octanol–water partition coefficient (Wildman–Crippen LogP) is 4.06. The van der Waals surface area contributed by atoms with Crippen molar-refractivity contribution in [3.05, 3.63) is 46.3 Å². The number of rotatable bonds is 6. The second-order valence-corrected chi connectivity index (χ2v) is 6.42. The van der Waals surface area contributed by atoms with Crippen molar-refractivity contribution in [3.8, 4) is 5.75 Å². The minimum absolute atomic E-state index is 0.304. The minimum Gasteiger partial charge on any atom is -0.496 e. The van der Waals surface area contributed by atoms with Gasteiger partial charge in [0.05, 0.1) is 24.8 Å². The summed E-state index contributed by atoms with van der Waals surface area (Å²) in [4.78, 5) is 24.9. The fourth-order valence-electron chi connectivity index (χ4n) is 2.57. The standard InChI is InChI=1S/C18H19NO4S/c1-3-23-18(21)15-13(11-8-9-11)10-24-17(15)19-16(20)12-6-4-5-7-14(12)22-2/h4-7,10-11H,3,8-9H2,1-2H3,(H,19,20). The molecule has 0 spiro atoms. The smallest absolute Gasteiger partial charge is 0.341 e. The van der Waals surface area contributed by atoms with Gasteiger partial charge in [0, 0.05) is 0 Å². The number of para-hydroxylation sites is 1. The first-order valence-corrected chi connectivity index (χ1v) is 8.76. The zero-order valence-corrected chi connectivity index (χ0v) is 14.4. The highest BCUT2D eigenvalue weighted by Crippen LogP contribution is 2.46. The first kappa shape index (κ1) is 16.5. The van der Waals surface area contributed by atoms with E-state index in [1.54, 1.807) is 31.2 Å². The van der Waals surface area contributed by atoms with Gasteiger partial charge in [-0.25, -0.2) is 4.79 Å². The summed E-state index contributed by atoms with van der Waals surface area (Å²) in [6.45, 7) is 2.08. The van der Waals surface area contributed by atoms with Gasteiger partial charge in [-0.3, -0.25) is 4.79 Å². The maximum absolute atomic E-state index is 12.6. The van der Waals surface area contributed by atoms with Gasteiger partial charge in [-0.1, -0.05) is 12.1 Å². The van der Waals surface area contributed by atoms with E-state index < -0.39 is 0 Å². The topological polar surface area (TPSA) is 64.6 Å². The van der Waals surface area contributed by atoms with Crippen molar-refractivity contribution in [3.63, 3.8) is 0 Å². The number of carbonyl (C=O) groups is 2. The number of nitrogens with one attached hydrogen (secondary N) is 1. The summed E-state index contributed by atoms with van der Waals surface area (Å²) in [5.74, 6) is 0.211. The molecule has 1 aliphatic rings. The van der Waals surface area contributed by atoms with E-state index in [0.717, 1.165) is 18.4 Å². The fraction of sp³-hybridized carbons (Fsp3) is 0.333. The van der Waals surface area contributed by atoms with Crippen LogP contribution >= 0.6 is 11.3 Å². The number of thiophene rings is 1. The first-order valence-electron chi connectivity index (χ1n) is 7.88. The Bertz CT molecular complexity index is 764. The summed E-state index contributed by atoms with van der Waals surface area (Å²) >= 11 is 1.36. The second-order valence-electron chi connectivity index (χ2n) is 5.54. The normalized spacial score (nSPS) is 13.4. The maximum atomic E-state index is 12.6. The molecule has 0 radical (unpaired) electrons. The molecule has 1 aromatic heterocycles. The van der Waals surface area contributed by atoms with Gasteiger partial charge in [0.25, 0.3) is 5.91 Å². The molecular weight excluding hydrogens is 326 g/mol. The Morgan fingerprint density at radius 3 is 2.71 bits per heavy atom. The van der Waals surface area contributed by atoms with E-state index in [-0.39, 0.29) is 11.9 Å². The number of anilines is 1. The molecule has 1 amide bonds. The third kappa shape index (κ3) is 3.28. The monoisotopic (exact) mass is 345 g/mol. The fourth-order valence-corrected chi connectivity index (χ4v) is 3.60. The van der Waals surface area contributed by atoms with Crippen LogP contribution in [0.5, 0.6) is 5.75 Å². The Balaban J connectivity index is 1.89. The van der Waals surface area contributed by atoms with Gasteiger partial charge in [0.15, 0.2) is 0 Å². The summed E-state index contributed by atoms with van der Waals surface area (Å²) in [6, 6.07) is 6.99. The Morgan fingerprint density at radius 2 is 2.04 bits per heavy atom. The number of ether oxygens (including phenoxy) is 2. The van der Waals surface area contributed by atoms with Gasteiger partial charge in [-0.05, 0) is 48.8 Å². The molecule has 0 bridgehead atoms. The average molecular weight is 345 g/mol. The van der Waals surface area contributed by atoms with Crippen LogP contribution in [-0.2, 0) is 4.74 Å². The molecule has 24 heavy (non-hydrogen) atoms. The summed E-state index contributed by atoms with van der Waals surface area (Å²) in [5, 5.41) is 5.32. The molecule has 0 saturated heterocycles. The first-order chi connectivity index (χ1) is 11.7. The van der Waals surface area contributed by atoms with E-state index in [0.29, 0.717) is 34.4 Å². The van der Waals surface area contributed by atoms with Crippen LogP contribution in [0.25, 0.3) is 0 Å². The summed E-state index contributed by atoms with van der Waals surface area (Å²) in [6.07, 6.45) is 2.14. The van der Waals surface area contributed by atoms with Gasteiger partial charge < -0.3 is 14.8 Å². The summed E-state index contributed by atoms with van der Waals surface area (Å²) < 4.78 is 10.4. The molecule has 0 atom stereocenters. The van der Waals surface area contributed by atoms with E-state index in [1.807, 2.05) is 5.38 Å². The zero-order chi connectivity index (χ0) is 17.1. The molecule has 3 rings (SSSR count). The Hall–Kier alpha value is -2.34. The Morgan fingerprint density at radius 1 is 1.29 bits per heavy atom. The van der Waals surface area contributed by atoms with Gasteiger partial charge in [-0.15, -0.1) is 11.3 Å². The largest absolute Gasteiger partial charge is 0.496 e. The number of methoxy groups -OCH3 is 1. The molecule has 1 saturated carbocycles. The van der Waals surface area contributed by atoms with Crippen LogP contribution in [0.1, 0.15) is 52.0 Å². The number of esters is 1. The van der Waals surface area contributed by atoms with Gasteiger partial charge in [0.1, 0.15) is 10.8 Å². The van der Waals surface area contributed by atoms with Gasteiger partial charge in [-0.2, -0.15) is 0 Å². The van der Waals surface area contributed by atoms with Crippen molar-refractivity contribution < 1.29 is 19.1 Å². The van der Waals surface area contributed by atoms with Gasteiger partial charge >= 0.3 is 5.97 Å². The zero-order valence-electron chi connectivity index (χ0n) is 13.6. The summed E-state index contributed by atoms with van der Waals surface area (Å²) in [7, 11) is 1.52. The lowest BCUT2D eigenvalue weighted by molar-refractivity contribution is 0.0527. The van der Waals surface area contributed by atoms with Crippen molar-refractivity contribution in [2.45, 2.75) is 25.7 Å². The average Bonchev–Trinajstić information content (AvgIpc) is 3.35. The Labute approximate surface area is 144 Å². The Kier molecular flexibility index (Phi) is 4.85. The van der Waals surface area contributed by atoms with Crippen LogP contribution in [0.4, 0.5) is 5.00 Å². The lowest BCUT2D eigenvalue weighted by Gasteiger charge is -2.10. The quantitative estimate of drug-likeness (QED) is 0.802. The van der Waals surface area contributed by atoms with Crippen LogP contribution in [0.15, 0.2) is 29.6 Å². The number of hydrogen-bond acceptors (Lipinski definition) is 5. The van der Waals surface area contributed by atoms with E-state index in [1.165, 1.54) is 18.4 Å². The lowest BCUT2D eigenvalue weighted by Crippen LogP contribution is -2.16. The van der Waals surface area contributed by atoms with Crippen molar-refractivity contribution in [2.24, 2.45) is 0 Å². The highest BCUT2D eigenvalue weighted by Gasteiger charge is 2.32. The van der Waals surface area contributed by atoms with E-state index in [4.69, 9.17) is 9.47 Å². The second kappa shape index (κ2) is 7.05. The highest BCUT2D eigenvalue weighted by atomic mass is 32.1. The lowest BCUT2D eigenvalue weighted by atomic mass is 10.1. The molecule has 126 valence electrons. The molecule has 1 aromatic carbocycles. The van der Waals surface area contributed by atoms with Crippen LogP contribution in [0.3, 0.4) is 0 Å². The van der Waals surface area contributed by atoms with Crippen LogP contribution in [-0.4, -0.2) is 25.6 Å². The number of benzene rings is 1. The minimum atomic E-state index is -0.379. The molecular formula is C18H19NO4S. The molecule has 1 fully saturated rings. The van der Waals surface area contributed by atoms with Crippen molar-refractivity contribution >= 4 is 28.2 Å². The van der Waals surface area contributed by atoms with E-state index in [2.05, 4.69) is 5.32 Å². The maximum Gasteiger partial charge on any atom is 0.341 e. The van der Waals surface area contributed by atoms with Crippen molar-refractivity contribution in [1.29, 1.82) is 0 Å². The number of amides is 1. The molecule has 6 heteroatoms. The molecule has 0 unspecified atom stereocenters. The molecule has 2 aromatic rings. The third-order valence-corrected chi connectivity index (χ3v) is 4.81. The predicted molar refractivity (Wildman–Crippen MR) is 93.2 cm³/mol. The molecule has 5 nitrogen and oxygen atoms in total. The molecule has 1 aliphatic carbocycles. The van der Waals surface area contributed by atoms with Crippen LogP contribution < -0.4 is 10.1 Å². The van der Waals surface area contributed by atoms with Gasteiger partial charge in [0.2, 0.25) is 0 Å². The summed E-state index contributed by atoms with van der Waals surface area (Å²) in [5.41, 5.74) is 1.90. The SMILES string of the molecule is CCOC(=O)c1c(C2CC2)csc1NC(=O)c1ccccc1OC.